The summed E-state index contributed by atoms with van der Waals surface area (Å²) in [5, 5.41) is 0. The fourth-order valence-electron chi connectivity index (χ4n) is 5.91. The highest BCUT2D eigenvalue weighted by molar-refractivity contribution is 5.63. The maximum absolute atomic E-state index is 4.49. The van der Waals surface area contributed by atoms with Crippen molar-refractivity contribution >= 4 is 5.57 Å². The van der Waals surface area contributed by atoms with E-state index in [4.69, 9.17) is 0 Å². The average Bonchev–Trinajstić information content (AvgIpc) is 3.04. The summed E-state index contributed by atoms with van der Waals surface area (Å²) in [4.78, 5) is 0. The lowest BCUT2D eigenvalue weighted by molar-refractivity contribution is 0.413. The molecule has 1 atom stereocenters. The molecule has 0 heterocycles. The molecule has 0 saturated heterocycles. The van der Waals surface area contributed by atoms with Crippen molar-refractivity contribution in [3.8, 4) is 0 Å². The van der Waals surface area contributed by atoms with E-state index in [2.05, 4.69) is 146 Å². The van der Waals surface area contributed by atoms with E-state index in [0.717, 1.165) is 32.1 Å². The van der Waals surface area contributed by atoms with Crippen molar-refractivity contribution in [2.45, 2.75) is 57.8 Å². The van der Waals surface area contributed by atoms with Gasteiger partial charge in [0.1, 0.15) is 0 Å². The lowest BCUT2D eigenvalue weighted by Crippen LogP contribution is -2.04. The Morgan fingerprint density at radius 2 is 0.857 bits per heavy atom. The normalized spacial score (nSPS) is 11.7. The molecule has 212 valence electrons. The number of benzene rings is 5. The van der Waals surface area contributed by atoms with Crippen LogP contribution in [0.1, 0.15) is 71.0 Å². The van der Waals surface area contributed by atoms with Crippen LogP contribution in [-0.2, 0) is 25.7 Å². The van der Waals surface area contributed by atoms with E-state index in [9.17, 15) is 0 Å². The largest absolute Gasteiger partial charge is 0.0952 e. The first-order chi connectivity index (χ1) is 20.7. The Balaban J connectivity index is 1.13. The van der Waals surface area contributed by atoms with Crippen molar-refractivity contribution in [1.29, 1.82) is 0 Å². The average molecular weight is 549 g/mol. The van der Waals surface area contributed by atoms with Gasteiger partial charge in [0.05, 0.1) is 0 Å². The van der Waals surface area contributed by atoms with Crippen LogP contribution in [0.2, 0.25) is 0 Å². The molecule has 0 aliphatic rings. The van der Waals surface area contributed by atoms with Crippen molar-refractivity contribution in [1.82, 2.24) is 0 Å². The Bertz CT molecular complexity index is 1460. The minimum Gasteiger partial charge on any atom is -0.0952 e. The minimum atomic E-state index is 0.705. The van der Waals surface area contributed by atoms with Gasteiger partial charge in [-0.3, -0.25) is 0 Å². The Morgan fingerprint density at radius 3 is 1.40 bits per heavy atom. The Morgan fingerprint density at radius 1 is 0.429 bits per heavy atom. The van der Waals surface area contributed by atoms with E-state index in [0.29, 0.717) is 5.92 Å². The van der Waals surface area contributed by atoms with Gasteiger partial charge in [0.25, 0.3) is 0 Å². The zero-order chi connectivity index (χ0) is 28.8. The lowest BCUT2D eigenvalue weighted by atomic mass is 9.87. The van der Waals surface area contributed by atoms with Gasteiger partial charge in [-0.25, -0.2) is 0 Å². The van der Waals surface area contributed by atoms with Gasteiger partial charge in [-0.2, -0.15) is 0 Å². The standard InChI is InChI=1S/C42H44/c1-34(42-30-28-41(29-31-42)33-39-16-9-4-10-17-39)20-21-36(23-22-35-12-5-2-6-13-35)18-11-19-37-24-26-40(27-25-37)32-38-14-7-3-8-15-38/h2-10,12-17,24-31,36H,1,11,18-23,32-33H2. The number of hydrogen-bond donors (Lipinski definition) is 0. The number of hydrogen-bond acceptors (Lipinski definition) is 0. The Kier molecular flexibility index (Phi) is 11.0. The number of allylic oxidation sites excluding steroid dienone is 1. The minimum absolute atomic E-state index is 0.705. The molecule has 0 saturated carbocycles. The molecule has 0 heteroatoms. The number of aryl methyl sites for hydroxylation is 2. The third kappa shape index (κ3) is 9.45. The van der Waals surface area contributed by atoms with Gasteiger partial charge in [-0.05, 0) is 102 Å². The van der Waals surface area contributed by atoms with Crippen molar-refractivity contribution < 1.29 is 0 Å². The Labute approximate surface area is 253 Å². The van der Waals surface area contributed by atoms with Crippen LogP contribution in [0.4, 0.5) is 0 Å². The second kappa shape index (κ2) is 15.7. The molecule has 5 rings (SSSR count). The van der Waals surface area contributed by atoms with Gasteiger partial charge < -0.3 is 0 Å². The van der Waals surface area contributed by atoms with E-state index in [1.807, 2.05) is 0 Å². The fourth-order valence-corrected chi connectivity index (χ4v) is 5.91. The van der Waals surface area contributed by atoms with Crippen molar-refractivity contribution in [2.24, 2.45) is 5.92 Å². The summed E-state index contributed by atoms with van der Waals surface area (Å²) in [6.45, 7) is 4.49. The molecule has 0 N–H and O–H groups in total. The first-order valence-electron chi connectivity index (χ1n) is 15.7. The predicted octanol–water partition coefficient (Wildman–Crippen LogP) is 10.9. The molecule has 0 spiro atoms. The van der Waals surface area contributed by atoms with Crippen LogP contribution in [0, 0.1) is 5.92 Å². The fraction of sp³-hybridized carbons (Fsp3) is 0.238. The van der Waals surface area contributed by atoms with Crippen molar-refractivity contribution in [2.75, 3.05) is 0 Å². The van der Waals surface area contributed by atoms with Gasteiger partial charge in [0.15, 0.2) is 0 Å². The SMILES string of the molecule is C=C(CCC(CCCc1ccc(Cc2ccccc2)cc1)CCc1ccccc1)c1ccc(Cc2ccccc2)cc1. The highest BCUT2D eigenvalue weighted by Crippen LogP contribution is 2.27. The monoisotopic (exact) mass is 548 g/mol. The van der Waals surface area contributed by atoms with Gasteiger partial charge in [-0.1, -0.05) is 153 Å². The van der Waals surface area contributed by atoms with E-state index < -0.39 is 0 Å². The van der Waals surface area contributed by atoms with E-state index in [1.54, 1.807) is 0 Å². The molecule has 0 nitrogen and oxygen atoms in total. The van der Waals surface area contributed by atoms with Crippen LogP contribution >= 0.6 is 0 Å². The summed E-state index contributed by atoms with van der Waals surface area (Å²) >= 11 is 0. The molecule has 5 aromatic rings. The first kappa shape index (κ1) is 29.3. The van der Waals surface area contributed by atoms with Gasteiger partial charge in [-0.15, -0.1) is 0 Å². The molecule has 0 aliphatic heterocycles. The quantitative estimate of drug-likeness (QED) is 0.122. The maximum Gasteiger partial charge on any atom is -0.00258 e. The van der Waals surface area contributed by atoms with Crippen molar-refractivity contribution in [3.63, 3.8) is 0 Å². The molecule has 0 fully saturated rings. The van der Waals surface area contributed by atoms with E-state index in [1.165, 1.54) is 70.2 Å². The molecule has 5 aromatic carbocycles. The Hall–Kier alpha value is -4.16. The molecule has 0 radical (unpaired) electrons. The second-order valence-electron chi connectivity index (χ2n) is 11.8. The third-order valence-electron chi connectivity index (χ3n) is 8.50. The maximum atomic E-state index is 4.49. The summed E-state index contributed by atoms with van der Waals surface area (Å²) in [6.07, 6.45) is 10.3. The van der Waals surface area contributed by atoms with Crippen LogP contribution in [0.5, 0.6) is 0 Å². The van der Waals surface area contributed by atoms with E-state index >= 15 is 0 Å². The lowest BCUT2D eigenvalue weighted by Gasteiger charge is -2.18. The number of rotatable bonds is 15. The first-order valence-corrected chi connectivity index (χ1v) is 15.7. The second-order valence-corrected chi connectivity index (χ2v) is 11.8. The molecule has 0 bridgehead atoms. The molecule has 1 unspecified atom stereocenters. The molecular formula is C42H44. The molecule has 42 heavy (non-hydrogen) atoms. The van der Waals surface area contributed by atoms with Crippen LogP contribution in [0.15, 0.2) is 146 Å². The summed E-state index contributed by atoms with van der Waals surface area (Å²) in [6, 6.07) is 50.8. The highest BCUT2D eigenvalue weighted by atomic mass is 14.2. The third-order valence-corrected chi connectivity index (χ3v) is 8.50. The zero-order valence-electron chi connectivity index (χ0n) is 24.9. The van der Waals surface area contributed by atoms with Crippen molar-refractivity contribution in [3.05, 3.63) is 185 Å². The van der Waals surface area contributed by atoms with Gasteiger partial charge >= 0.3 is 0 Å². The van der Waals surface area contributed by atoms with Crippen LogP contribution in [-0.4, -0.2) is 0 Å². The summed E-state index contributed by atoms with van der Waals surface area (Å²) in [5.41, 5.74) is 10.9. The van der Waals surface area contributed by atoms with Crippen LogP contribution < -0.4 is 0 Å². The summed E-state index contributed by atoms with van der Waals surface area (Å²) in [7, 11) is 0. The molecule has 0 aliphatic carbocycles. The van der Waals surface area contributed by atoms with Gasteiger partial charge in [0, 0.05) is 0 Å². The molecule has 0 amide bonds. The van der Waals surface area contributed by atoms with Gasteiger partial charge in [0.2, 0.25) is 0 Å². The molecular weight excluding hydrogens is 504 g/mol. The van der Waals surface area contributed by atoms with Crippen LogP contribution in [0.3, 0.4) is 0 Å². The summed E-state index contributed by atoms with van der Waals surface area (Å²) < 4.78 is 0. The summed E-state index contributed by atoms with van der Waals surface area (Å²) in [5.74, 6) is 0.705. The topological polar surface area (TPSA) is 0 Å². The van der Waals surface area contributed by atoms with Crippen LogP contribution in [0.25, 0.3) is 5.57 Å². The smallest absolute Gasteiger partial charge is 0.00258 e. The highest BCUT2D eigenvalue weighted by Gasteiger charge is 2.12. The van der Waals surface area contributed by atoms with E-state index in [-0.39, 0.29) is 0 Å². The zero-order valence-corrected chi connectivity index (χ0v) is 24.9. The predicted molar refractivity (Wildman–Crippen MR) is 181 cm³/mol. The molecule has 0 aromatic heterocycles.